The molecule has 1 saturated heterocycles. The number of hydrogen-bond donors (Lipinski definition) is 1. The molecule has 0 bridgehead atoms. The molecule has 0 radical (unpaired) electrons. The van der Waals surface area contributed by atoms with Gasteiger partial charge < -0.3 is 10.0 Å². The molecule has 1 N–H and O–H groups in total. The highest BCUT2D eigenvalue weighted by Crippen LogP contribution is 2.39. The molecule has 1 aliphatic rings. The number of aromatic nitrogens is 2. The number of hydrogen-bond acceptors (Lipinski definition) is 5. The van der Waals surface area contributed by atoms with Crippen LogP contribution < -0.4 is 0 Å². The molecule has 3 aromatic rings. The minimum atomic E-state index is -0.825. The lowest BCUT2D eigenvalue weighted by Gasteiger charge is -2.25. The molecule has 0 saturated carbocycles. The standard InChI is InChI=1S/C22H16FN3O3/c23-17-7-5-15(6-8-17)20(27)18-19(16-4-2-10-25-12-16)26(22(29)21(18)28)13-14-3-1-9-24-11-14/h1-12,19,27H,13H2/b20-18+/t19-/m1/s1. The summed E-state index contributed by atoms with van der Waals surface area (Å²) >= 11 is 0. The smallest absolute Gasteiger partial charge is 0.295 e. The highest BCUT2D eigenvalue weighted by molar-refractivity contribution is 6.46. The number of rotatable bonds is 4. The van der Waals surface area contributed by atoms with E-state index in [0.29, 0.717) is 5.56 Å². The van der Waals surface area contributed by atoms with Gasteiger partial charge in [-0.05, 0) is 47.5 Å². The number of ketones is 1. The summed E-state index contributed by atoms with van der Waals surface area (Å²) in [6.45, 7) is 0.137. The first kappa shape index (κ1) is 18.5. The molecule has 1 aliphatic heterocycles. The van der Waals surface area contributed by atoms with Crippen molar-refractivity contribution in [1.29, 1.82) is 0 Å². The number of likely N-dealkylation sites (tertiary alicyclic amines) is 1. The van der Waals surface area contributed by atoms with Crippen molar-refractivity contribution in [3.63, 3.8) is 0 Å². The average Bonchev–Trinajstić information content (AvgIpc) is 3.00. The van der Waals surface area contributed by atoms with E-state index in [9.17, 15) is 19.1 Å². The van der Waals surface area contributed by atoms with E-state index in [0.717, 1.165) is 5.56 Å². The Bertz CT molecular complexity index is 1080. The predicted octanol–water partition coefficient (Wildman–Crippen LogP) is 3.24. The average molecular weight is 389 g/mol. The van der Waals surface area contributed by atoms with E-state index < -0.39 is 23.5 Å². The van der Waals surface area contributed by atoms with Crippen molar-refractivity contribution in [2.75, 3.05) is 0 Å². The van der Waals surface area contributed by atoms with Crippen LogP contribution in [0, 0.1) is 5.82 Å². The minimum absolute atomic E-state index is 0.0569. The number of aliphatic hydroxyl groups is 1. The van der Waals surface area contributed by atoms with Gasteiger partial charge in [0, 0.05) is 36.9 Å². The van der Waals surface area contributed by atoms with Crippen LogP contribution in [0.3, 0.4) is 0 Å². The molecule has 1 fully saturated rings. The van der Waals surface area contributed by atoms with E-state index in [4.69, 9.17) is 0 Å². The van der Waals surface area contributed by atoms with Gasteiger partial charge in [0.05, 0.1) is 11.6 Å². The van der Waals surface area contributed by atoms with E-state index in [-0.39, 0.29) is 23.4 Å². The Morgan fingerprint density at radius 1 is 1.00 bits per heavy atom. The first-order chi connectivity index (χ1) is 14.1. The third-order valence-electron chi connectivity index (χ3n) is 4.73. The molecular weight excluding hydrogens is 373 g/mol. The van der Waals surface area contributed by atoms with E-state index >= 15 is 0 Å². The zero-order chi connectivity index (χ0) is 20.4. The molecule has 3 heterocycles. The Morgan fingerprint density at radius 3 is 2.31 bits per heavy atom. The van der Waals surface area contributed by atoms with Crippen LogP contribution in [-0.2, 0) is 16.1 Å². The van der Waals surface area contributed by atoms with E-state index in [1.165, 1.54) is 29.2 Å². The number of Topliss-reactive ketones (excluding diaryl/α,β-unsaturated/α-hetero) is 1. The summed E-state index contributed by atoms with van der Waals surface area (Å²) in [5.41, 5.74) is 1.52. The van der Waals surface area contributed by atoms with Crippen molar-refractivity contribution in [2.24, 2.45) is 0 Å². The fraction of sp³-hybridized carbons (Fsp3) is 0.0909. The SMILES string of the molecule is O=C1C(=O)N(Cc2cccnc2)[C@H](c2cccnc2)/C1=C(\O)c1ccc(F)cc1. The summed E-state index contributed by atoms with van der Waals surface area (Å²) in [6.07, 6.45) is 6.35. The Hall–Kier alpha value is -3.87. The fourth-order valence-corrected chi connectivity index (χ4v) is 3.38. The third-order valence-corrected chi connectivity index (χ3v) is 4.73. The van der Waals surface area contributed by atoms with Crippen molar-refractivity contribution in [3.05, 3.63) is 101 Å². The predicted molar refractivity (Wildman–Crippen MR) is 103 cm³/mol. The molecular formula is C22H16FN3O3. The van der Waals surface area contributed by atoms with Crippen molar-refractivity contribution in [2.45, 2.75) is 12.6 Å². The maximum Gasteiger partial charge on any atom is 0.295 e. The minimum Gasteiger partial charge on any atom is -0.507 e. The van der Waals surface area contributed by atoms with Crippen LogP contribution in [0.15, 0.2) is 78.9 Å². The van der Waals surface area contributed by atoms with Crippen molar-refractivity contribution in [1.82, 2.24) is 14.9 Å². The number of nitrogens with zero attached hydrogens (tertiary/aromatic N) is 3. The van der Waals surface area contributed by atoms with Gasteiger partial charge in [0.1, 0.15) is 11.6 Å². The molecule has 144 valence electrons. The van der Waals surface area contributed by atoms with E-state index in [1.807, 2.05) is 0 Å². The monoisotopic (exact) mass is 389 g/mol. The fourth-order valence-electron chi connectivity index (χ4n) is 3.38. The molecule has 1 amide bonds. The maximum atomic E-state index is 13.3. The van der Waals surface area contributed by atoms with Crippen LogP contribution in [0.4, 0.5) is 4.39 Å². The van der Waals surface area contributed by atoms with Crippen LogP contribution >= 0.6 is 0 Å². The number of benzene rings is 1. The van der Waals surface area contributed by atoms with Gasteiger partial charge in [-0.15, -0.1) is 0 Å². The Kier molecular flexibility index (Phi) is 4.87. The quantitative estimate of drug-likeness (QED) is 0.421. The van der Waals surface area contributed by atoms with Crippen LogP contribution in [0.2, 0.25) is 0 Å². The van der Waals surface area contributed by atoms with Crippen LogP contribution in [0.25, 0.3) is 5.76 Å². The lowest BCUT2D eigenvalue weighted by Crippen LogP contribution is -2.29. The number of carbonyl (C=O) groups excluding carboxylic acids is 2. The van der Waals surface area contributed by atoms with Gasteiger partial charge in [-0.2, -0.15) is 0 Å². The molecule has 6 nitrogen and oxygen atoms in total. The first-order valence-electron chi connectivity index (χ1n) is 8.89. The second-order valence-electron chi connectivity index (χ2n) is 6.58. The molecule has 0 unspecified atom stereocenters. The van der Waals surface area contributed by atoms with Gasteiger partial charge in [-0.3, -0.25) is 19.6 Å². The zero-order valence-electron chi connectivity index (χ0n) is 15.2. The number of pyridine rings is 2. The third kappa shape index (κ3) is 3.50. The second kappa shape index (κ2) is 7.63. The first-order valence-corrected chi connectivity index (χ1v) is 8.89. The van der Waals surface area contributed by atoms with Crippen molar-refractivity contribution in [3.8, 4) is 0 Å². The number of carbonyl (C=O) groups is 2. The van der Waals surface area contributed by atoms with Gasteiger partial charge in [0.15, 0.2) is 0 Å². The Morgan fingerprint density at radius 2 is 1.69 bits per heavy atom. The molecule has 1 atom stereocenters. The van der Waals surface area contributed by atoms with Gasteiger partial charge in [0.25, 0.3) is 11.7 Å². The summed E-state index contributed by atoms with van der Waals surface area (Å²) in [6, 6.07) is 11.2. The lowest BCUT2D eigenvalue weighted by atomic mass is 9.96. The van der Waals surface area contributed by atoms with Gasteiger partial charge in [-0.1, -0.05) is 12.1 Å². The highest BCUT2D eigenvalue weighted by atomic mass is 19.1. The second-order valence-corrected chi connectivity index (χ2v) is 6.58. The maximum absolute atomic E-state index is 13.3. The van der Waals surface area contributed by atoms with Crippen molar-refractivity contribution < 1.29 is 19.1 Å². The summed E-state index contributed by atoms with van der Waals surface area (Å²) in [5, 5.41) is 10.8. The lowest BCUT2D eigenvalue weighted by molar-refractivity contribution is -0.140. The summed E-state index contributed by atoms with van der Waals surface area (Å²) in [7, 11) is 0. The summed E-state index contributed by atoms with van der Waals surface area (Å²) < 4.78 is 13.3. The topological polar surface area (TPSA) is 83.4 Å². The van der Waals surface area contributed by atoms with E-state index in [2.05, 4.69) is 9.97 Å². The normalized spacial score (nSPS) is 18.2. The highest BCUT2D eigenvalue weighted by Gasteiger charge is 2.46. The van der Waals surface area contributed by atoms with Crippen LogP contribution in [0.5, 0.6) is 0 Å². The van der Waals surface area contributed by atoms with Gasteiger partial charge in [-0.25, -0.2) is 4.39 Å². The van der Waals surface area contributed by atoms with Gasteiger partial charge in [0.2, 0.25) is 0 Å². The number of aliphatic hydroxyl groups excluding tert-OH is 1. The Balaban J connectivity index is 1.85. The van der Waals surface area contributed by atoms with Crippen molar-refractivity contribution >= 4 is 17.4 Å². The van der Waals surface area contributed by atoms with Crippen LogP contribution in [-0.4, -0.2) is 31.7 Å². The van der Waals surface area contributed by atoms with E-state index in [1.54, 1.807) is 49.1 Å². The number of amides is 1. The molecule has 7 heteroatoms. The molecule has 4 rings (SSSR count). The molecule has 29 heavy (non-hydrogen) atoms. The molecule has 1 aromatic carbocycles. The number of halogens is 1. The zero-order valence-corrected chi connectivity index (χ0v) is 15.2. The molecule has 0 spiro atoms. The van der Waals surface area contributed by atoms with Gasteiger partial charge >= 0.3 is 0 Å². The largest absolute Gasteiger partial charge is 0.507 e. The van der Waals surface area contributed by atoms with Crippen LogP contribution in [0.1, 0.15) is 22.7 Å². The molecule has 2 aromatic heterocycles. The summed E-state index contributed by atoms with van der Waals surface area (Å²) in [5.74, 6) is -2.36. The summed E-state index contributed by atoms with van der Waals surface area (Å²) in [4.78, 5) is 35.2. The molecule has 0 aliphatic carbocycles. The Labute approximate surface area is 166 Å².